The molecule has 9 nitrogen and oxygen atoms in total. The maximum atomic E-state index is 12.1. The number of amides is 2. The summed E-state index contributed by atoms with van der Waals surface area (Å²) < 4.78 is 31.2. The Bertz CT molecular complexity index is 912. The molecule has 0 aliphatic carbocycles. The van der Waals surface area contributed by atoms with E-state index in [2.05, 4.69) is 20.9 Å². The van der Waals surface area contributed by atoms with Gasteiger partial charge in [0, 0.05) is 17.8 Å². The minimum absolute atomic E-state index is 0.0491. The van der Waals surface area contributed by atoms with Crippen LogP contribution in [0.2, 0.25) is 0 Å². The highest BCUT2D eigenvalue weighted by Crippen LogP contribution is 2.14. The van der Waals surface area contributed by atoms with Gasteiger partial charge in [-0.15, -0.1) is 0 Å². The van der Waals surface area contributed by atoms with Crippen molar-refractivity contribution in [1.82, 2.24) is 15.6 Å². The van der Waals surface area contributed by atoms with Crippen molar-refractivity contribution in [3.8, 4) is 5.75 Å². The fourth-order valence-electron chi connectivity index (χ4n) is 2.19. The standard InChI is InChI=1S/C18H22N4O5S/c1-3-20-28(25,26)16-10-4-13(5-11-16)18(24)22-21-17(23)12-19-14-6-8-15(27-2)9-7-14/h4-11,19-20H,3,12H2,1-2H3,(H,21,23)(H,22,24). The molecule has 150 valence electrons. The number of anilines is 1. The van der Waals surface area contributed by atoms with Gasteiger partial charge in [0.05, 0.1) is 18.6 Å². The summed E-state index contributed by atoms with van der Waals surface area (Å²) in [5.41, 5.74) is 5.48. The highest BCUT2D eigenvalue weighted by molar-refractivity contribution is 7.89. The minimum atomic E-state index is -3.58. The molecule has 0 saturated carbocycles. The van der Waals surface area contributed by atoms with E-state index in [9.17, 15) is 18.0 Å². The predicted molar refractivity (Wildman–Crippen MR) is 104 cm³/mol. The number of benzene rings is 2. The predicted octanol–water partition coefficient (Wildman–Crippen LogP) is 0.867. The third-order valence-electron chi connectivity index (χ3n) is 3.62. The first kappa shape index (κ1) is 21.2. The van der Waals surface area contributed by atoms with Gasteiger partial charge < -0.3 is 10.1 Å². The van der Waals surface area contributed by atoms with Crippen LogP contribution in [0.5, 0.6) is 5.75 Å². The lowest BCUT2D eigenvalue weighted by atomic mass is 10.2. The molecule has 0 radical (unpaired) electrons. The average Bonchev–Trinajstić information content (AvgIpc) is 2.71. The second kappa shape index (κ2) is 9.72. The Morgan fingerprint density at radius 3 is 2.18 bits per heavy atom. The van der Waals surface area contributed by atoms with E-state index in [-0.39, 0.29) is 23.5 Å². The topological polar surface area (TPSA) is 126 Å². The van der Waals surface area contributed by atoms with Crippen LogP contribution in [0.3, 0.4) is 0 Å². The van der Waals surface area contributed by atoms with Gasteiger partial charge in [-0.3, -0.25) is 20.4 Å². The molecule has 0 bridgehead atoms. The van der Waals surface area contributed by atoms with Gasteiger partial charge in [-0.2, -0.15) is 0 Å². The second-order valence-corrected chi connectivity index (χ2v) is 7.38. The Balaban J connectivity index is 1.83. The van der Waals surface area contributed by atoms with Crippen LogP contribution in [0.25, 0.3) is 0 Å². The van der Waals surface area contributed by atoms with Crippen molar-refractivity contribution in [3.05, 3.63) is 54.1 Å². The molecule has 2 amide bonds. The molecule has 0 aromatic heterocycles. The second-order valence-electron chi connectivity index (χ2n) is 5.61. The zero-order valence-corrected chi connectivity index (χ0v) is 16.3. The molecule has 28 heavy (non-hydrogen) atoms. The molecule has 0 aliphatic rings. The van der Waals surface area contributed by atoms with Crippen LogP contribution in [0, 0.1) is 0 Å². The molecular formula is C18H22N4O5S. The van der Waals surface area contributed by atoms with E-state index in [4.69, 9.17) is 4.74 Å². The molecule has 0 saturated heterocycles. The quantitative estimate of drug-likeness (QED) is 0.482. The van der Waals surface area contributed by atoms with E-state index in [1.165, 1.54) is 24.3 Å². The van der Waals surface area contributed by atoms with Crippen molar-refractivity contribution in [2.24, 2.45) is 0 Å². The van der Waals surface area contributed by atoms with Crippen molar-refractivity contribution in [1.29, 1.82) is 0 Å². The van der Waals surface area contributed by atoms with Gasteiger partial charge in [-0.05, 0) is 48.5 Å². The Morgan fingerprint density at radius 1 is 0.964 bits per heavy atom. The molecular weight excluding hydrogens is 384 g/mol. The molecule has 0 aliphatic heterocycles. The summed E-state index contributed by atoms with van der Waals surface area (Å²) >= 11 is 0. The summed E-state index contributed by atoms with van der Waals surface area (Å²) in [6.07, 6.45) is 0. The van der Waals surface area contributed by atoms with Crippen LogP contribution in [-0.2, 0) is 14.8 Å². The van der Waals surface area contributed by atoms with Crippen LogP contribution in [0.1, 0.15) is 17.3 Å². The van der Waals surface area contributed by atoms with Gasteiger partial charge in [0.25, 0.3) is 11.8 Å². The fraction of sp³-hybridized carbons (Fsp3) is 0.222. The van der Waals surface area contributed by atoms with Crippen LogP contribution < -0.4 is 25.6 Å². The summed E-state index contributed by atoms with van der Waals surface area (Å²) in [5.74, 6) is -0.313. The van der Waals surface area contributed by atoms with Crippen molar-refractivity contribution in [2.75, 3.05) is 25.5 Å². The third-order valence-corrected chi connectivity index (χ3v) is 5.18. The van der Waals surface area contributed by atoms with Crippen LogP contribution in [-0.4, -0.2) is 40.4 Å². The summed E-state index contributed by atoms with van der Waals surface area (Å²) in [6.45, 7) is 1.89. The molecule has 0 heterocycles. The van der Waals surface area contributed by atoms with Crippen molar-refractivity contribution < 1.29 is 22.7 Å². The highest BCUT2D eigenvalue weighted by Gasteiger charge is 2.14. The summed E-state index contributed by atoms with van der Waals surface area (Å²) in [4.78, 5) is 23.9. The lowest BCUT2D eigenvalue weighted by Gasteiger charge is -2.10. The van der Waals surface area contributed by atoms with Crippen LogP contribution in [0.4, 0.5) is 5.69 Å². The normalized spacial score (nSPS) is 10.8. The number of carbonyl (C=O) groups is 2. The number of methoxy groups -OCH3 is 1. The average molecular weight is 406 g/mol. The van der Waals surface area contributed by atoms with Crippen molar-refractivity contribution >= 4 is 27.5 Å². The molecule has 2 aromatic rings. The van der Waals surface area contributed by atoms with Crippen LogP contribution >= 0.6 is 0 Å². The number of hydrogen-bond donors (Lipinski definition) is 4. The third kappa shape index (κ3) is 5.96. The molecule has 0 spiro atoms. The molecule has 0 atom stereocenters. The number of nitrogens with one attached hydrogen (secondary N) is 4. The number of hydrazine groups is 1. The van der Waals surface area contributed by atoms with E-state index in [0.717, 1.165) is 5.69 Å². The molecule has 4 N–H and O–H groups in total. The maximum Gasteiger partial charge on any atom is 0.269 e. The fourth-order valence-corrected chi connectivity index (χ4v) is 3.23. The molecule has 10 heteroatoms. The number of ether oxygens (including phenoxy) is 1. The number of sulfonamides is 1. The highest BCUT2D eigenvalue weighted by atomic mass is 32.2. The van der Waals surface area contributed by atoms with Gasteiger partial charge in [0.2, 0.25) is 10.0 Å². The van der Waals surface area contributed by atoms with Crippen molar-refractivity contribution in [2.45, 2.75) is 11.8 Å². The largest absolute Gasteiger partial charge is 0.497 e. The van der Waals surface area contributed by atoms with E-state index in [1.807, 2.05) is 0 Å². The summed E-state index contributed by atoms with van der Waals surface area (Å²) in [7, 11) is -2.02. The monoisotopic (exact) mass is 406 g/mol. The van der Waals surface area contributed by atoms with Gasteiger partial charge in [0.15, 0.2) is 0 Å². The zero-order chi connectivity index (χ0) is 20.6. The Morgan fingerprint density at radius 2 is 1.61 bits per heavy atom. The number of carbonyl (C=O) groups excluding carboxylic acids is 2. The molecule has 2 rings (SSSR count). The van der Waals surface area contributed by atoms with E-state index in [1.54, 1.807) is 38.3 Å². The first-order chi connectivity index (χ1) is 13.4. The smallest absolute Gasteiger partial charge is 0.269 e. The Labute approximate surface area is 163 Å². The van der Waals surface area contributed by atoms with E-state index >= 15 is 0 Å². The first-order valence-corrected chi connectivity index (χ1v) is 9.91. The lowest BCUT2D eigenvalue weighted by Crippen LogP contribution is -2.44. The van der Waals surface area contributed by atoms with Gasteiger partial charge in [0.1, 0.15) is 5.75 Å². The van der Waals surface area contributed by atoms with Crippen molar-refractivity contribution in [3.63, 3.8) is 0 Å². The minimum Gasteiger partial charge on any atom is -0.497 e. The van der Waals surface area contributed by atoms with Crippen LogP contribution in [0.15, 0.2) is 53.4 Å². The lowest BCUT2D eigenvalue weighted by molar-refractivity contribution is -0.120. The summed E-state index contributed by atoms with van der Waals surface area (Å²) in [6, 6.07) is 12.4. The Hall–Kier alpha value is -3.11. The van der Waals surface area contributed by atoms with E-state index in [0.29, 0.717) is 5.75 Å². The Kier molecular flexibility index (Phi) is 7.36. The molecule has 0 fully saturated rings. The molecule has 0 unspecified atom stereocenters. The first-order valence-electron chi connectivity index (χ1n) is 8.42. The van der Waals surface area contributed by atoms with Gasteiger partial charge >= 0.3 is 0 Å². The molecule has 2 aromatic carbocycles. The number of rotatable bonds is 8. The maximum absolute atomic E-state index is 12.1. The SMILES string of the molecule is CCNS(=O)(=O)c1ccc(C(=O)NNC(=O)CNc2ccc(OC)cc2)cc1. The number of hydrogen-bond acceptors (Lipinski definition) is 6. The van der Waals surface area contributed by atoms with Gasteiger partial charge in [-0.1, -0.05) is 6.92 Å². The summed E-state index contributed by atoms with van der Waals surface area (Å²) in [5, 5.41) is 2.90. The van der Waals surface area contributed by atoms with E-state index < -0.39 is 21.8 Å². The van der Waals surface area contributed by atoms with Gasteiger partial charge in [-0.25, -0.2) is 13.1 Å². The zero-order valence-electron chi connectivity index (χ0n) is 15.5.